The van der Waals surface area contributed by atoms with Crippen LogP contribution < -0.4 is 0 Å². The first-order chi connectivity index (χ1) is 15.5. The van der Waals surface area contributed by atoms with Crippen molar-refractivity contribution >= 4 is 20.4 Å². The Morgan fingerprint density at radius 2 is 1.12 bits per heavy atom. The van der Waals surface area contributed by atoms with Gasteiger partial charge >= 0.3 is 10.1 Å². The minimum absolute atomic E-state index is 0.209. The van der Waals surface area contributed by atoms with Gasteiger partial charge in [-0.15, -0.1) is 8.42 Å². The van der Waals surface area contributed by atoms with E-state index in [0.29, 0.717) is 0 Å². The first kappa shape index (κ1) is 22.3. The highest BCUT2D eigenvalue weighted by atomic mass is 32.3. The molecule has 32 heavy (non-hydrogen) atoms. The topological polar surface area (TPSA) is 46.9 Å². The summed E-state index contributed by atoms with van der Waals surface area (Å²) in [5, 5.41) is 0. The van der Waals surface area contributed by atoms with Gasteiger partial charge in [-0.05, 0) is 61.4 Å². The zero-order chi connectivity index (χ0) is 22.6. The predicted molar refractivity (Wildman–Crippen MR) is 132 cm³/mol. The molecule has 0 atom stereocenters. The lowest BCUT2D eigenvalue weighted by Crippen LogP contribution is -2.19. The molecule has 0 spiro atoms. The van der Waals surface area contributed by atoms with Gasteiger partial charge < -0.3 is 0 Å². The monoisotopic (exact) mass is 463 g/mol. The molecule has 4 aromatic rings. The van der Waals surface area contributed by atoms with E-state index in [4.69, 9.17) is 3.63 Å². The van der Waals surface area contributed by atoms with E-state index in [-0.39, 0.29) is 4.90 Å². The van der Waals surface area contributed by atoms with Crippen LogP contribution in [0.5, 0.6) is 0 Å². The van der Waals surface area contributed by atoms with Gasteiger partial charge in [-0.1, -0.05) is 79.2 Å². The molecule has 0 radical (unpaired) electrons. The average molecular weight is 464 g/mol. The molecule has 0 unspecified atom stereocenters. The van der Waals surface area contributed by atoms with Crippen LogP contribution in [0, 0.1) is 6.92 Å². The molecular weight excluding hydrogens is 436 g/mol. The van der Waals surface area contributed by atoms with E-state index in [1.807, 2.05) is 97.9 Å². The zero-order valence-corrected chi connectivity index (χ0v) is 19.8. The summed E-state index contributed by atoms with van der Waals surface area (Å²) >= 11 is 0. The molecular formula is C27H27O3S2+. The van der Waals surface area contributed by atoms with E-state index >= 15 is 0 Å². The lowest BCUT2D eigenvalue weighted by molar-refractivity contribution is 0.387. The molecule has 3 nitrogen and oxygen atoms in total. The summed E-state index contributed by atoms with van der Waals surface area (Å²) in [6.07, 6.45) is 0.782. The first-order valence-corrected chi connectivity index (χ1v) is 13.6. The molecule has 0 saturated carbocycles. The van der Waals surface area contributed by atoms with E-state index < -0.39 is 20.4 Å². The van der Waals surface area contributed by atoms with Gasteiger partial charge in [0.25, 0.3) is 0 Å². The summed E-state index contributed by atoms with van der Waals surface area (Å²) in [6, 6.07) is 34.6. The average Bonchev–Trinajstić information content (AvgIpc) is 2.84. The summed E-state index contributed by atoms with van der Waals surface area (Å²) in [7, 11) is -6.40. The minimum atomic E-state index is -3.94. The Balaban J connectivity index is 2.04. The molecule has 0 heterocycles. The second-order valence-electron chi connectivity index (χ2n) is 7.53. The van der Waals surface area contributed by atoms with Crippen molar-refractivity contribution in [3.8, 4) is 0 Å². The molecule has 0 aromatic heterocycles. The van der Waals surface area contributed by atoms with Gasteiger partial charge in [-0.25, -0.2) is 0 Å². The highest BCUT2D eigenvalue weighted by Gasteiger charge is 2.44. The van der Waals surface area contributed by atoms with Gasteiger partial charge in [0.05, 0.1) is 25.0 Å². The molecule has 1 N–H and O–H groups in total. The lowest BCUT2D eigenvalue weighted by Gasteiger charge is -2.36. The summed E-state index contributed by atoms with van der Waals surface area (Å²) in [5.74, 6) is 0. The van der Waals surface area contributed by atoms with Crippen molar-refractivity contribution in [1.29, 1.82) is 0 Å². The van der Waals surface area contributed by atoms with Gasteiger partial charge in [0.15, 0.2) is 0 Å². The quantitative estimate of drug-likeness (QED) is 0.214. The maximum Gasteiger partial charge on any atom is 0.422 e. The molecule has 0 aliphatic carbocycles. The maximum absolute atomic E-state index is 13.7. The highest BCUT2D eigenvalue weighted by Crippen LogP contribution is 2.69. The molecule has 0 aliphatic heterocycles. The third-order valence-corrected chi connectivity index (χ3v) is 10.9. The second-order valence-corrected chi connectivity index (χ2v) is 12.1. The Bertz CT molecular complexity index is 1240. The number of hydrogen-bond acceptors (Lipinski definition) is 2. The molecule has 0 amide bonds. The van der Waals surface area contributed by atoms with Crippen LogP contribution in [0.4, 0.5) is 0 Å². The van der Waals surface area contributed by atoms with Crippen LogP contribution in [0.25, 0.3) is 0 Å². The normalized spacial score (nSPS) is 12.4. The van der Waals surface area contributed by atoms with Crippen LogP contribution in [0.1, 0.15) is 18.1 Å². The van der Waals surface area contributed by atoms with E-state index in [0.717, 1.165) is 32.2 Å². The standard InChI is InChI=1S/C27H26O3S2/c1-3-23-12-10-11-17-27(23)31(24-13-6-4-7-14-24,25-15-8-5-9-16-25)30-32(28,29)26-20-18-22(2)19-21-26/h4-21H,3H2,1-2H3/p+1. The largest absolute Gasteiger partial charge is 0.422 e. The number of rotatable bonds is 7. The van der Waals surface area contributed by atoms with Gasteiger partial charge in [-0.2, -0.15) is 0 Å². The van der Waals surface area contributed by atoms with E-state index in [1.54, 1.807) is 12.1 Å². The van der Waals surface area contributed by atoms with Crippen molar-refractivity contribution in [2.75, 3.05) is 0 Å². The molecule has 4 rings (SSSR count). The van der Waals surface area contributed by atoms with Crippen LogP contribution in [0.3, 0.4) is 0 Å². The Kier molecular flexibility index (Phi) is 6.51. The second kappa shape index (κ2) is 9.33. The maximum atomic E-state index is 13.7. The molecule has 0 aliphatic rings. The van der Waals surface area contributed by atoms with Crippen LogP contribution in [0.15, 0.2) is 129 Å². The minimum Gasteiger partial charge on any atom is -0.258 e. The molecule has 5 heteroatoms. The SMILES string of the molecule is CCc1ccccc1S([OH+]S(=O)(=O)c1ccc(C)cc1)(c1ccccc1)c1ccccc1. The summed E-state index contributed by atoms with van der Waals surface area (Å²) < 4.78 is 32.3. The first-order valence-electron chi connectivity index (χ1n) is 10.5. The third kappa shape index (κ3) is 4.24. The van der Waals surface area contributed by atoms with E-state index in [1.165, 1.54) is 0 Å². The highest BCUT2D eigenvalue weighted by molar-refractivity contribution is 8.32. The van der Waals surface area contributed by atoms with Crippen molar-refractivity contribution in [3.05, 3.63) is 120 Å². The van der Waals surface area contributed by atoms with Crippen molar-refractivity contribution in [2.24, 2.45) is 0 Å². The van der Waals surface area contributed by atoms with Crippen LogP contribution in [-0.2, 0) is 16.5 Å². The van der Waals surface area contributed by atoms with Gasteiger partial charge in [0, 0.05) is 0 Å². The lowest BCUT2D eigenvalue weighted by atomic mass is 10.2. The number of hydrogen-bond donors (Lipinski definition) is 0. The van der Waals surface area contributed by atoms with Crippen molar-refractivity contribution in [3.63, 3.8) is 0 Å². The third-order valence-electron chi connectivity index (χ3n) is 5.37. The predicted octanol–water partition coefficient (Wildman–Crippen LogP) is 7.24. The summed E-state index contributed by atoms with van der Waals surface area (Å²) in [4.78, 5) is 2.95. The number of benzene rings is 4. The zero-order valence-electron chi connectivity index (χ0n) is 18.2. The molecule has 0 fully saturated rings. The van der Waals surface area contributed by atoms with Crippen molar-refractivity contribution in [2.45, 2.75) is 39.9 Å². The Labute approximate surface area is 192 Å². The fraction of sp³-hybridized carbons (Fsp3) is 0.111. The van der Waals surface area contributed by atoms with Gasteiger partial charge in [0.1, 0.15) is 4.90 Å². The van der Waals surface area contributed by atoms with Crippen molar-refractivity contribution < 1.29 is 12.0 Å². The fourth-order valence-electron chi connectivity index (χ4n) is 3.74. The molecule has 4 aromatic carbocycles. The van der Waals surface area contributed by atoms with Crippen LogP contribution in [0.2, 0.25) is 0 Å². The summed E-state index contributed by atoms with van der Waals surface area (Å²) in [6.45, 7) is 4.03. The van der Waals surface area contributed by atoms with E-state index in [2.05, 4.69) is 13.0 Å². The Hall–Kier alpha value is -2.86. The molecule has 0 saturated heterocycles. The summed E-state index contributed by atoms with van der Waals surface area (Å²) in [5.41, 5.74) is 2.10. The fourth-order valence-corrected chi connectivity index (χ4v) is 9.50. The van der Waals surface area contributed by atoms with Crippen LogP contribution >= 0.6 is 10.3 Å². The smallest absolute Gasteiger partial charge is 0.258 e. The number of aryl methyl sites for hydroxylation is 2. The Morgan fingerprint density at radius 3 is 1.66 bits per heavy atom. The van der Waals surface area contributed by atoms with Gasteiger partial charge in [-0.3, -0.25) is 3.63 Å². The molecule has 0 bridgehead atoms. The Morgan fingerprint density at radius 1 is 0.625 bits per heavy atom. The van der Waals surface area contributed by atoms with Crippen molar-refractivity contribution in [1.82, 2.24) is 0 Å². The van der Waals surface area contributed by atoms with Gasteiger partial charge in [0.2, 0.25) is 0 Å². The van der Waals surface area contributed by atoms with E-state index in [9.17, 15) is 8.42 Å². The molecule has 164 valence electrons. The van der Waals surface area contributed by atoms with Crippen LogP contribution in [-0.4, -0.2) is 12.0 Å².